The molecule has 0 aliphatic carbocycles. The van der Waals surface area contributed by atoms with E-state index in [-0.39, 0.29) is 24.7 Å². The Morgan fingerprint density at radius 2 is 2.15 bits per heavy atom. The number of rotatable bonds is 10. The third-order valence-electron chi connectivity index (χ3n) is 6.65. The summed E-state index contributed by atoms with van der Waals surface area (Å²) in [6, 6.07) is 5.24. The van der Waals surface area contributed by atoms with E-state index >= 15 is 0 Å². The molecule has 0 bridgehead atoms. The maximum Gasteiger partial charge on any atom is 0.266 e. The van der Waals surface area contributed by atoms with Gasteiger partial charge >= 0.3 is 0 Å². The van der Waals surface area contributed by atoms with E-state index < -0.39 is 0 Å². The zero-order chi connectivity index (χ0) is 23.9. The van der Waals surface area contributed by atoms with Crippen molar-refractivity contribution >= 4 is 11.9 Å². The van der Waals surface area contributed by atoms with Gasteiger partial charge in [0.25, 0.3) is 17.7 Å². The molecule has 2 fully saturated rings. The number of nitrogens with one attached hydrogen (secondary N) is 1. The van der Waals surface area contributed by atoms with Crippen LogP contribution in [0.25, 0.3) is 0 Å². The number of nitrogens with zero attached hydrogens (tertiary/aromatic N) is 3. The molecule has 0 saturated carbocycles. The van der Waals surface area contributed by atoms with Crippen LogP contribution in [0.1, 0.15) is 73.4 Å². The average Bonchev–Trinajstić information content (AvgIpc) is 3.54. The van der Waals surface area contributed by atoms with Gasteiger partial charge in [0.1, 0.15) is 11.9 Å². The highest BCUT2D eigenvalue weighted by molar-refractivity contribution is 5.95. The molecule has 9 heteroatoms. The van der Waals surface area contributed by atoms with Gasteiger partial charge in [-0.15, -0.1) is 0 Å². The predicted octanol–water partition coefficient (Wildman–Crippen LogP) is 3.42. The van der Waals surface area contributed by atoms with Crippen LogP contribution < -0.4 is 15.0 Å². The van der Waals surface area contributed by atoms with E-state index in [0.29, 0.717) is 29.9 Å². The number of aryl methyl sites for hydroxylation is 1. The fourth-order valence-electron chi connectivity index (χ4n) is 4.57. The van der Waals surface area contributed by atoms with Gasteiger partial charge in [-0.2, -0.15) is 4.98 Å². The lowest BCUT2D eigenvalue weighted by Gasteiger charge is -2.30. The summed E-state index contributed by atoms with van der Waals surface area (Å²) in [6.45, 7) is 6.88. The summed E-state index contributed by atoms with van der Waals surface area (Å²) in [7, 11) is 0. The normalized spacial score (nSPS) is 19.9. The quantitative estimate of drug-likeness (QED) is 0.506. The third-order valence-corrected chi connectivity index (χ3v) is 6.65. The molecule has 2 saturated heterocycles. The Labute approximate surface area is 200 Å². The van der Waals surface area contributed by atoms with Crippen LogP contribution in [0.5, 0.6) is 5.75 Å². The molecule has 2 N–H and O–H groups in total. The SMILES string of the molecule is Cc1cc(OCCCC2CCN(c3noc(C4CCCO4)n3)CC2)ccc1C(=O)NC(C)CO. The molecule has 186 valence electrons. The number of carbonyl (C=O) groups is 1. The number of hydrogen-bond donors (Lipinski definition) is 2. The molecule has 2 aliphatic heterocycles. The van der Waals surface area contributed by atoms with Crippen LogP contribution in [-0.4, -0.2) is 60.1 Å². The van der Waals surface area contributed by atoms with Crippen molar-refractivity contribution in [2.75, 3.05) is 37.8 Å². The fraction of sp³-hybridized carbons (Fsp3) is 0.640. The van der Waals surface area contributed by atoms with E-state index in [1.54, 1.807) is 13.0 Å². The molecule has 2 unspecified atom stereocenters. The van der Waals surface area contributed by atoms with Crippen molar-refractivity contribution in [2.24, 2.45) is 5.92 Å². The Balaban J connectivity index is 1.15. The van der Waals surface area contributed by atoms with Crippen LogP contribution >= 0.6 is 0 Å². The van der Waals surface area contributed by atoms with E-state index in [0.717, 1.165) is 69.5 Å². The molecule has 2 atom stereocenters. The van der Waals surface area contributed by atoms with E-state index in [4.69, 9.17) is 19.1 Å². The Morgan fingerprint density at radius 3 is 2.85 bits per heavy atom. The summed E-state index contributed by atoms with van der Waals surface area (Å²) >= 11 is 0. The summed E-state index contributed by atoms with van der Waals surface area (Å²) in [6.07, 6.45) is 6.30. The van der Waals surface area contributed by atoms with Gasteiger partial charge in [-0.25, -0.2) is 0 Å². The van der Waals surface area contributed by atoms with E-state index in [2.05, 4.69) is 20.4 Å². The van der Waals surface area contributed by atoms with Gasteiger partial charge in [-0.05, 0) is 87.2 Å². The van der Waals surface area contributed by atoms with Gasteiger partial charge in [0.05, 0.1) is 13.2 Å². The molecular formula is C25H36N4O5. The average molecular weight is 473 g/mol. The van der Waals surface area contributed by atoms with Crippen LogP contribution in [0.4, 0.5) is 5.95 Å². The van der Waals surface area contributed by atoms with Crippen LogP contribution in [0.3, 0.4) is 0 Å². The summed E-state index contributed by atoms with van der Waals surface area (Å²) in [5.74, 6) is 2.56. The first kappa shape index (κ1) is 24.5. The van der Waals surface area contributed by atoms with Gasteiger partial charge in [-0.1, -0.05) is 0 Å². The zero-order valence-electron chi connectivity index (χ0n) is 20.2. The number of anilines is 1. The molecule has 34 heavy (non-hydrogen) atoms. The van der Waals surface area contributed by atoms with Gasteiger partial charge < -0.3 is 29.3 Å². The van der Waals surface area contributed by atoms with Gasteiger partial charge in [0, 0.05) is 31.3 Å². The van der Waals surface area contributed by atoms with E-state index in [9.17, 15) is 4.79 Å². The standard InChI is InChI=1S/C25H36N4O5/c1-17-15-20(7-8-21(17)23(31)26-18(2)16-30)32-13-3-5-19-9-11-29(12-10-19)25-27-24(34-28-25)22-6-4-14-33-22/h7-8,15,18-19,22,30H,3-6,9-14,16H2,1-2H3,(H,26,31). The van der Waals surface area contributed by atoms with Crippen molar-refractivity contribution in [3.63, 3.8) is 0 Å². The van der Waals surface area contributed by atoms with Crippen molar-refractivity contribution in [2.45, 2.75) is 64.5 Å². The maximum atomic E-state index is 12.3. The number of aliphatic hydroxyl groups is 1. The summed E-state index contributed by atoms with van der Waals surface area (Å²) in [4.78, 5) is 19.0. The van der Waals surface area contributed by atoms with Crippen molar-refractivity contribution in [3.8, 4) is 5.75 Å². The van der Waals surface area contributed by atoms with E-state index in [1.807, 2.05) is 19.1 Å². The minimum Gasteiger partial charge on any atom is -0.494 e. The number of benzene rings is 1. The van der Waals surface area contributed by atoms with E-state index in [1.165, 1.54) is 0 Å². The Morgan fingerprint density at radius 1 is 1.32 bits per heavy atom. The van der Waals surface area contributed by atoms with Crippen molar-refractivity contribution < 1.29 is 23.9 Å². The molecule has 9 nitrogen and oxygen atoms in total. The lowest BCUT2D eigenvalue weighted by atomic mass is 9.92. The first-order valence-corrected chi connectivity index (χ1v) is 12.4. The third kappa shape index (κ3) is 6.27. The lowest BCUT2D eigenvalue weighted by Crippen LogP contribution is -2.35. The highest BCUT2D eigenvalue weighted by atomic mass is 16.5. The van der Waals surface area contributed by atoms with Gasteiger partial charge in [-0.3, -0.25) is 4.79 Å². The highest BCUT2D eigenvalue weighted by Gasteiger charge is 2.27. The van der Waals surface area contributed by atoms with Crippen molar-refractivity contribution in [1.29, 1.82) is 0 Å². The van der Waals surface area contributed by atoms with Gasteiger partial charge in [0.2, 0.25) is 0 Å². The second-order valence-corrected chi connectivity index (χ2v) is 9.39. The Kier molecular flexibility index (Phi) is 8.39. The summed E-state index contributed by atoms with van der Waals surface area (Å²) < 4.78 is 17.0. The maximum absolute atomic E-state index is 12.3. The van der Waals surface area contributed by atoms with Crippen LogP contribution in [-0.2, 0) is 4.74 Å². The molecule has 4 rings (SSSR count). The predicted molar refractivity (Wildman–Crippen MR) is 127 cm³/mol. The Bertz CT molecular complexity index is 935. The monoisotopic (exact) mass is 472 g/mol. The number of carbonyl (C=O) groups excluding carboxylic acids is 1. The molecule has 0 spiro atoms. The molecule has 1 aromatic heterocycles. The summed E-state index contributed by atoms with van der Waals surface area (Å²) in [5, 5.41) is 16.0. The molecule has 0 radical (unpaired) electrons. The minimum atomic E-state index is -0.272. The minimum absolute atomic E-state index is 0.0362. The molecule has 1 aromatic carbocycles. The molecular weight excluding hydrogens is 436 g/mol. The number of hydrogen-bond acceptors (Lipinski definition) is 8. The molecule has 1 amide bonds. The topological polar surface area (TPSA) is 110 Å². The summed E-state index contributed by atoms with van der Waals surface area (Å²) in [5.41, 5.74) is 1.46. The van der Waals surface area contributed by atoms with Crippen LogP contribution in [0.15, 0.2) is 22.7 Å². The number of ether oxygens (including phenoxy) is 2. The second kappa shape index (κ2) is 11.7. The Hall–Kier alpha value is -2.65. The molecule has 2 aliphatic rings. The number of amides is 1. The van der Waals surface area contributed by atoms with Gasteiger partial charge in [0.15, 0.2) is 0 Å². The van der Waals surface area contributed by atoms with Crippen LogP contribution in [0, 0.1) is 12.8 Å². The zero-order valence-corrected chi connectivity index (χ0v) is 20.2. The largest absolute Gasteiger partial charge is 0.494 e. The smallest absolute Gasteiger partial charge is 0.266 e. The molecule has 2 aromatic rings. The second-order valence-electron chi connectivity index (χ2n) is 9.39. The number of aliphatic hydroxyl groups excluding tert-OH is 1. The fourth-order valence-corrected chi connectivity index (χ4v) is 4.57. The lowest BCUT2D eigenvalue weighted by molar-refractivity contribution is 0.0835. The first-order valence-electron chi connectivity index (χ1n) is 12.4. The van der Waals surface area contributed by atoms with Crippen molar-refractivity contribution in [3.05, 3.63) is 35.2 Å². The highest BCUT2D eigenvalue weighted by Crippen LogP contribution is 2.30. The number of piperidine rings is 1. The number of aromatic nitrogens is 2. The first-order chi connectivity index (χ1) is 16.5. The van der Waals surface area contributed by atoms with Crippen LogP contribution in [0.2, 0.25) is 0 Å². The molecule has 3 heterocycles. The van der Waals surface area contributed by atoms with Crippen molar-refractivity contribution in [1.82, 2.24) is 15.5 Å².